The number of rotatable bonds is 6. The first-order valence-electron chi connectivity index (χ1n) is 7.56. The Morgan fingerprint density at radius 2 is 2.04 bits per heavy atom. The van der Waals surface area contributed by atoms with E-state index in [-0.39, 0.29) is 11.6 Å². The van der Waals surface area contributed by atoms with Gasteiger partial charge in [0.2, 0.25) is 5.95 Å². The van der Waals surface area contributed by atoms with Crippen LogP contribution in [0.25, 0.3) is 0 Å². The number of anilines is 2. The highest BCUT2D eigenvalue weighted by atomic mass is 16.5. The molecule has 0 aliphatic heterocycles. The van der Waals surface area contributed by atoms with Crippen LogP contribution in [0.5, 0.6) is 0 Å². The predicted molar refractivity (Wildman–Crippen MR) is 91.1 cm³/mol. The predicted octanol–water partition coefficient (Wildman–Crippen LogP) is 2.58. The summed E-state index contributed by atoms with van der Waals surface area (Å²) in [4.78, 5) is 32.1. The number of hydrogen-bond acceptors (Lipinski definition) is 6. The van der Waals surface area contributed by atoms with Crippen LogP contribution in [0.15, 0.2) is 36.5 Å². The Balaban J connectivity index is 2.09. The molecule has 7 heteroatoms. The minimum Gasteiger partial charge on any atom is -0.465 e. The van der Waals surface area contributed by atoms with Crippen LogP contribution in [0.1, 0.15) is 34.7 Å². The van der Waals surface area contributed by atoms with Gasteiger partial charge in [-0.2, -0.15) is 0 Å². The second-order valence-corrected chi connectivity index (χ2v) is 5.57. The summed E-state index contributed by atoms with van der Waals surface area (Å²) < 4.78 is 4.66. The first-order valence-corrected chi connectivity index (χ1v) is 7.56. The van der Waals surface area contributed by atoms with Gasteiger partial charge in [-0.1, -0.05) is 19.9 Å². The van der Waals surface area contributed by atoms with E-state index in [1.54, 1.807) is 24.3 Å². The molecule has 0 bridgehead atoms. The van der Waals surface area contributed by atoms with Gasteiger partial charge in [-0.25, -0.2) is 14.8 Å². The number of methoxy groups -OCH3 is 1. The SMILES string of the molecule is COC(=O)c1cccc(NC(=O)c2ccnc(NCC(C)C)n2)c1. The first kappa shape index (κ1) is 17.4. The maximum Gasteiger partial charge on any atom is 0.337 e. The number of hydrogen-bond donors (Lipinski definition) is 2. The van der Waals surface area contributed by atoms with Crippen molar-refractivity contribution in [2.24, 2.45) is 5.92 Å². The molecule has 0 saturated carbocycles. The fourth-order valence-electron chi connectivity index (χ4n) is 1.90. The molecule has 2 rings (SSSR count). The standard InChI is InChI=1S/C17H20N4O3/c1-11(2)10-19-17-18-8-7-14(21-17)15(22)20-13-6-4-5-12(9-13)16(23)24-3/h4-9,11H,10H2,1-3H3,(H,20,22)(H,18,19,21). The molecule has 1 aromatic heterocycles. The zero-order chi connectivity index (χ0) is 17.5. The molecular weight excluding hydrogens is 308 g/mol. The highest BCUT2D eigenvalue weighted by Gasteiger charge is 2.11. The van der Waals surface area contributed by atoms with E-state index in [0.717, 1.165) is 0 Å². The van der Waals surface area contributed by atoms with Crippen molar-refractivity contribution < 1.29 is 14.3 Å². The van der Waals surface area contributed by atoms with Gasteiger partial charge < -0.3 is 15.4 Å². The van der Waals surface area contributed by atoms with Crippen molar-refractivity contribution in [3.8, 4) is 0 Å². The van der Waals surface area contributed by atoms with E-state index in [4.69, 9.17) is 0 Å². The average Bonchev–Trinajstić information content (AvgIpc) is 2.59. The lowest BCUT2D eigenvalue weighted by Gasteiger charge is -2.09. The van der Waals surface area contributed by atoms with E-state index in [1.165, 1.54) is 19.4 Å². The maximum atomic E-state index is 12.3. The molecule has 126 valence electrons. The molecule has 0 aliphatic rings. The van der Waals surface area contributed by atoms with Gasteiger partial charge >= 0.3 is 5.97 Å². The van der Waals surface area contributed by atoms with Crippen LogP contribution in [-0.2, 0) is 4.74 Å². The molecule has 1 aromatic carbocycles. The van der Waals surface area contributed by atoms with Gasteiger partial charge in [0.05, 0.1) is 12.7 Å². The lowest BCUT2D eigenvalue weighted by molar-refractivity contribution is 0.0600. The van der Waals surface area contributed by atoms with Crippen LogP contribution >= 0.6 is 0 Å². The second kappa shape index (κ2) is 8.05. The van der Waals surface area contributed by atoms with Crippen LogP contribution in [0, 0.1) is 5.92 Å². The fraction of sp³-hybridized carbons (Fsp3) is 0.294. The van der Waals surface area contributed by atoms with Crippen LogP contribution in [0.4, 0.5) is 11.6 Å². The minimum atomic E-state index is -0.465. The molecule has 0 radical (unpaired) electrons. The molecule has 0 fully saturated rings. The Morgan fingerprint density at radius 1 is 1.25 bits per heavy atom. The fourth-order valence-corrected chi connectivity index (χ4v) is 1.90. The van der Waals surface area contributed by atoms with Gasteiger partial charge in [-0.05, 0) is 30.2 Å². The number of carbonyl (C=O) groups excluding carboxylic acids is 2. The highest BCUT2D eigenvalue weighted by Crippen LogP contribution is 2.13. The molecule has 1 heterocycles. The Bertz CT molecular complexity index is 731. The average molecular weight is 328 g/mol. The molecule has 1 amide bonds. The molecule has 0 saturated heterocycles. The lowest BCUT2D eigenvalue weighted by atomic mass is 10.2. The number of nitrogens with zero attached hydrogens (tertiary/aromatic N) is 2. The molecule has 2 N–H and O–H groups in total. The van der Waals surface area contributed by atoms with Crippen LogP contribution < -0.4 is 10.6 Å². The zero-order valence-electron chi connectivity index (χ0n) is 13.9. The van der Waals surface area contributed by atoms with Crippen molar-refractivity contribution >= 4 is 23.5 Å². The second-order valence-electron chi connectivity index (χ2n) is 5.57. The number of esters is 1. The van der Waals surface area contributed by atoms with Crippen LogP contribution in [0.3, 0.4) is 0 Å². The number of benzene rings is 1. The number of amides is 1. The number of carbonyl (C=O) groups is 2. The van der Waals surface area contributed by atoms with Gasteiger partial charge in [0.25, 0.3) is 5.91 Å². The summed E-state index contributed by atoms with van der Waals surface area (Å²) in [7, 11) is 1.31. The van der Waals surface area contributed by atoms with Crippen molar-refractivity contribution in [2.45, 2.75) is 13.8 Å². The molecule has 24 heavy (non-hydrogen) atoms. The number of aromatic nitrogens is 2. The molecule has 0 unspecified atom stereocenters. The summed E-state index contributed by atoms with van der Waals surface area (Å²) in [6, 6.07) is 8.03. The van der Waals surface area contributed by atoms with Gasteiger partial charge in [0, 0.05) is 18.4 Å². The summed E-state index contributed by atoms with van der Waals surface area (Å²) in [5.74, 6) is -0.00729. The Kier molecular flexibility index (Phi) is 5.83. The zero-order valence-corrected chi connectivity index (χ0v) is 13.9. The number of nitrogens with one attached hydrogen (secondary N) is 2. The van der Waals surface area contributed by atoms with E-state index < -0.39 is 5.97 Å². The van der Waals surface area contributed by atoms with Gasteiger partial charge in [0.1, 0.15) is 5.69 Å². The summed E-state index contributed by atoms with van der Waals surface area (Å²) in [6.45, 7) is 4.85. The summed E-state index contributed by atoms with van der Waals surface area (Å²) in [6.07, 6.45) is 1.52. The highest BCUT2D eigenvalue weighted by molar-refractivity contribution is 6.03. The third-order valence-electron chi connectivity index (χ3n) is 3.10. The largest absolute Gasteiger partial charge is 0.465 e. The molecular formula is C17H20N4O3. The van der Waals surface area contributed by atoms with Crippen LogP contribution in [-0.4, -0.2) is 35.5 Å². The maximum absolute atomic E-state index is 12.3. The molecule has 0 aliphatic carbocycles. The number of ether oxygens (including phenoxy) is 1. The summed E-state index contributed by atoms with van der Waals surface area (Å²) in [5.41, 5.74) is 1.08. The monoisotopic (exact) mass is 328 g/mol. The first-order chi connectivity index (χ1) is 11.5. The Labute approximate surface area is 140 Å². The van der Waals surface area contributed by atoms with Gasteiger partial charge in [-0.15, -0.1) is 0 Å². The third kappa shape index (κ3) is 4.77. The van der Waals surface area contributed by atoms with Crippen molar-refractivity contribution in [1.29, 1.82) is 0 Å². The van der Waals surface area contributed by atoms with E-state index in [9.17, 15) is 9.59 Å². The van der Waals surface area contributed by atoms with Crippen molar-refractivity contribution in [3.05, 3.63) is 47.8 Å². The van der Waals surface area contributed by atoms with Gasteiger partial charge in [0.15, 0.2) is 0 Å². The van der Waals surface area contributed by atoms with Crippen molar-refractivity contribution in [3.63, 3.8) is 0 Å². The van der Waals surface area contributed by atoms with Crippen molar-refractivity contribution in [2.75, 3.05) is 24.3 Å². The quantitative estimate of drug-likeness (QED) is 0.792. The van der Waals surface area contributed by atoms with E-state index >= 15 is 0 Å². The van der Waals surface area contributed by atoms with E-state index in [0.29, 0.717) is 29.7 Å². The topological polar surface area (TPSA) is 93.2 Å². The van der Waals surface area contributed by atoms with Crippen molar-refractivity contribution in [1.82, 2.24) is 9.97 Å². The third-order valence-corrected chi connectivity index (χ3v) is 3.10. The van der Waals surface area contributed by atoms with E-state index in [1.807, 2.05) is 0 Å². The molecule has 7 nitrogen and oxygen atoms in total. The Morgan fingerprint density at radius 3 is 2.75 bits per heavy atom. The van der Waals surface area contributed by atoms with E-state index in [2.05, 4.69) is 39.2 Å². The van der Waals surface area contributed by atoms with Gasteiger partial charge in [-0.3, -0.25) is 4.79 Å². The Hall–Kier alpha value is -2.96. The molecule has 2 aromatic rings. The smallest absolute Gasteiger partial charge is 0.337 e. The molecule has 0 spiro atoms. The minimum absolute atomic E-state index is 0.236. The lowest BCUT2D eigenvalue weighted by Crippen LogP contribution is -2.17. The summed E-state index contributed by atoms with van der Waals surface area (Å²) >= 11 is 0. The summed E-state index contributed by atoms with van der Waals surface area (Å²) in [5, 5.41) is 5.78. The normalized spacial score (nSPS) is 10.3. The molecule has 0 atom stereocenters. The van der Waals surface area contributed by atoms with Crippen LogP contribution in [0.2, 0.25) is 0 Å².